The molecule has 4 bridgehead atoms. The maximum absolute atomic E-state index is 12.6. The molecule has 5 aliphatic carbocycles. The summed E-state index contributed by atoms with van der Waals surface area (Å²) in [5.74, 6) is 0.792. The largest absolute Gasteiger partial charge is 0.480 e. The first-order chi connectivity index (χ1) is 18.0. The zero-order valence-electron chi connectivity index (χ0n) is 20.8. The Labute approximate surface area is 216 Å². The van der Waals surface area contributed by atoms with Crippen LogP contribution in [0.5, 0.6) is 0 Å². The number of nitrogens with one attached hydrogen (secondary N) is 1. The smallest absolute Gasteiger partial charge is 0.407 e. The fraction of sp³-hybridized carbons (Fsp3) is 0.500. The summed E-state index contributed by atoms with van der Waals surface area (Å²) in [6.07, 6.45) is 4.99. The van der Waals surface area contributed by atoms with Gasteiger partial charge in [-0.25, -0.2) is 9.59 Å². The number of fused-ring (bicyclic) bond motifs is 3. The summed E-state index contributed by atoms with van der Waals surface area (Å²) < 4.78 is 11.4. The van der Waals surface area contributed by atoms with Gasteiger partial charge < -0.3 is 19.9 Å². The number of esters is 1. The summed E-state index contributed by atoms with van der Waals surface area (Å²) in [6, 6.07) is 14.8. The van der Waals surface area contributed by atoms with Gasteiger partial charge in [0, 0.05) is 12.3 Å². The van der Waals surface area contributed by atoms with Crippen molar-refractivity contribution in [1.82, 2.24) is 5.32 Å². The fourth-order valence-electron chi connectivity index (χ4n) is 7.58. The zero-order chi connectivity index (χ0) is 25.5. The predicted octanol–water partition coefficient (Wildman–Crippen LogP) is 5.13. The Morgan fingerprint density at radius 1 is 0.865 bits per heavy atom. The minimum Gasteiger partial charge on any atom is -0.480 e. The van der Waals surface area contributed by atoms with Crippen molar-refractivity contribution in [2.75, 3.05) is 6.61 Å². The Balaban J connectivity index is 1.01. The minimum atomic E-state index is -1.22. The van der Waals surface area contributed by atoms with E-state index < -0.39 is 18.1 Å². The van der Waals surface area contributed by atoms with Crippen molar-refractivity contribution in [2.45, 2.75) is 63.0 Å². The lowest BCUT2D eigenvalue weighted by molar-refractivity contribution is -0.171. The van der Waals surface area contributed by atoms with E-state index in [1.165, 1.54) is 6.42 Å². The van der Waals surface area contributed by atoms with Crippen molar-refractivity contribution in [3.05, 3.63) is 59.7 Å². The third-order valence-electron chi connectivity index (χ3n) is 8.98. The molecule has 7 heteroatoms. The van der Waals surface area contributed by atoms with Crippen molar-refractivity contribution in [3.63, 3.8) is 0 Å². The summed E-state index contributed by atoms with van der Waals surface area (Å²) >= 11 is 0. The van der Waals surface area contributed by atoms with Gasteiger partial charge in [-0.05, 0) is 84.5 Å². The van der Waals surface area contributed by atoms with E-state index in [9.17, 15) is 19.5 Å². The molecule has 0 aromatic heterocycles. The van der Waals surface area contributed by atoms with E-state index in [1.807, 2.05) is 36.4 Å². The maximum Gasteiger partial charge on any atom is 0.407 e. The van der Waals surface area contributed by atoms with Crippen LogP contribution in [0.15, 0.2) is 48.5 Å². The van der Waals surface area contributed by atoms with E-state index in [4.69, 9.17) is 9.47 Å². The number of rotatable bonds is 8. The molecule has 0 radical (unpaired) electrons. The first-order valence-corrected chi connectivity index (χ1v) is 13.5. The predicted molar refractivity (Wildman–Crippen MR) is 136 cm³/mol. The number of ether oxygens (including phenoxy) is 2. The second-order valence-electron chi connectivity index (χ2n) is 11.3. The molecule has 2 N–H and O–H groups in total. The summed E-state index contributed by atoms with van der Waals surface area (Å²) in [5.41, 5.74) is 4.40. The van der Waals surface area contributed by atoms with Gasteiger partial charge in [-0.15, -0.1) is 0 Å². The molecular weight excluding hydrogens is 470 g/mol. The second-order valence-corrected chi connectivity index (χ2v) is 11.3. The van der Waals surface area contributed by atoms with Crippen LogP contribution in [0, 0.1) is 23.7 Å². The van der Waals surface area contributed by atoms with Gasteiger partial charge in [-0.2, -0.15) is 0 Å². The number of benzene rings is 2. The molecule has 7 rings (SSSR count). The van der Waals surface area contributed by atoms with Gasteiger partial charge >= 0.3 is 18.0 Å². The summed E-state index contributed by atoms with van der Waals surface area (Å²) in [7, 11) is 0. The number of amides is 1. The van der Waals surface area contributed by atoms with Crippen LogP contribution in [0.2, 0.25) is 0 Å². The number of hydrogen-bond acceptors (Lipinski definition) is 5. The topological polar surface area (TPSA) is 102 Å². The monoisotopic (exact) mass is 503 g/mol. The first kappa shape index (κ1) is 24.0. The van der Waals surface area contributed by atoms with Gasteiger partial charge in [0.2, 0.25) is 0 Å². The molecule has 0 unspecified atom stereocenters. The Morgan fingerprint density at radius 2 is 1.43 bits per heavy atom. The number of hydrogen-bond donors (Lipinski definition) is 2. The molecule has 1 amide bonds. The van der Waals surface area contributed by atoms with Crippen LogP contribution in [0.4, 0.5) is 4.79 Å². The second kappa shape index (κ2) is 9.84. The summed E-state index contributed by atoms with van der Waals surface area (Å²) in [4.78, 5) is 37.0. The molecule has 1 atom stereocenters. The minimum absolute atomic E-state index is 0.0290. The zero-order valence-corrected chi connectivity index (χ0v) is 20.8. The standard InChI is InChI=1S/C30H33NO6/c32-27(37-28-19-12-17-11-18(14-19)15-20(28)13-17)10-9-26(29(33)34)31-30(35)36-16-25-23-7-3-1-5-21(23)22-6-2-4-8-24(22)25/h1-8,17-20,25-26,28H,9-16H2,(H,31,35)(H,33,34)/t17?,18?,19?,20?,26-,28?/m0/s1. The van der Waals surface area contributed by atoms with Crippen LogP contribution >= 0.6 is 0 Å². The normalized spacial score (nSPS) is 27.7. The number of carboxylic acid groups (broad SMARTS) is 1. The van der Waals surface area contributed by atoms with Crippen molar-refractivity contribution >= 4 is 18.0 Å². The van der Waals surface area contributed by atoms with Crippen molar-refractivity contribution in [2.24, 2.45) is 23.7 Å². The number of carbonyl (C=O) groups is 3. The molecule has 7 nitrogen and oxygen atoms in total. The molecule has 0 spiro atoms. The Bertz CT molecular complexity index is 1130. The molecule has 4 saturated carbocycles. The van der Waals surface area contributed by atoms with E-state index in [1.54, 1.807) is 0 Å². The van der Waals surface area contributed by atoms with E-state index in [0.717, 1.165) is 59.8 Å². The SMILES string of the molecule is O=C(CC[C@H](NC(=O)OCC1c2ccccc2-c2ccccc21)C(=O)O)OC1C2CC3CC(C2)CC1C3. The number of aliphatic carboxylic acids is 1. The van der Waals surface area contributed by atoms with Gasteiger partial charge in [0.25, 0.3) is 0 Å². The number of alkyl carbamates (subject to hydrolysis) is 1. The van der Waals surface area contributed by atoms with E-state index >= 15 is 0 Å². The van der Waals surface area contributed by atoms with Crippen molar-refractivity contribution < 1.29 is 29.0 Å². The molecule has 0 aliphatic heterocycles. The molecule has 0 saturated heterocycles. The maximum atomic E-state index is 12.6. The van der Waals surface area contributed by atoms with Gasteiger partial charge in [-0.1, -0.05) is 48.5 Å². The van der Waals surface area contributed by atoms with Crippen molar-refractivity contribution in [1.29, 1.82) is 0 Å². The van der Waals surface area contributed by atoms with Crippen LogP contribution in [-0.2, 0) is 19.1 Å². The lowest BCUT2D eigenvalue weighted by atomic mass is 9.55. The molecule has 2 aromatic carbocycles. The summed E-state index contributed by atoms with van der Waals surface area (Å²) in [6.45, 7) is 0.0979. The van der Waals surface area contributed by atoms with E-state index in [2.05, 4.69) is 17.4 Å². The lowest BCUT2D eigenvalue weighted by Crippen LogP contribution is -2.50. The van der Waals surface area contributed by atoms with Gasteiger partial charge in [0.1, 0.15) is 18.8 Å². The van der Waals surface area contributed by atoms with E-state index in [0.29, 0.717) is 11.8 Å². The van der Waals surface area contributed by atoms with Gasteiger partial charge in [0.05, 0.1) is 0 Å². The van der Waals surface area contributed by atoms with Gasteiger partial charge in [0.15, 0.2) is 0 Å². The van der Waals surface area contributed by atoms with Crippen molar-refractivity contribution in [3.8, 4) is 11.1 Å². The summed E-state index contributed by atoms with van der Waals surface area (Å²) in [5, 5.41) is 12.1. The van der Waals surface area contributed by atoms with Crippen LogP contribution in [0.25, 0.3) is 11.1 Å². The molecular formula is C30H33NO6. The quantitative estimate of drug-likeness (QED) is 0.485. The van der Waals surface area contributed by atoms with Crippen LogP contribution in [-0.4, -0.2) is 41.9 Å². The third kappa shape index (κ3) is 4.72. The highest BCUT2D eigenvalue weighted by molar-refractivity contribution is 5.81. The Morgan fingerprint density at radius 3 is 2.00 bits per heavy atom. The highest BCUT2D eigenvalue weighted by Gasteiger charge is 2.49. The molecule has 5 aliphatic rings. The van der Waals surface area contributed by atoms with Crippen LogP contribution < -0.4 is 5.32 Å². The number of carboxylic acids is 1. The average Bonchev–Trinajstić information content (AvgIpc) is 3.20. The Kier molecular flexibility index (Phi) is 6.39. The van der Waals surface area contributed by atoms with E-state index in [-0.39, 0.29) is 37.4 Å². The van der Waals surface area contributed by atoms with Crippen LogP contribution in [0.1, 0.15) is 62.0 Å². The van der Waals surface area contributed by atoms with Gasteiger partial charge in [-0.3, -0.25) is 4.79 Å². The molecule has 194 valence electrons. The average molecular weight is 504 g/mol. The highest BCUT2D eigenvalue weighted by Crippen LogP contribution is 2.54. The number of carbonyl (C=O) groups excluding carboxylic acids is 2. The van der Waals surface area contributed by atoms with Crippen LogP contribution in [0.3, 0.4) is 0 Å². The molecule has 0 heterocycles. The lowest BCUT2D eigenvalue weighted by Gasteiger charge is -2.53. The Hall–Kier alpha value is -3.35. The third-order valence-corrected chi connectivity index (χ3v) is 8.98. The first-order valence-electron chi connectivity index (χ1n) is 13.5. The molecule has 2 aromatic rings. The molecule has 37 heavy (non-hydrogen) atoms. The highest BCUT2D eigenvalue weighted by atomic mass is 16.6. The molecule has 4 fully saturated rings. The fourth-order valence-corrected chi connectivity index (χ4v) is 7.58.